The summed E-state index contributed by atoms with van der Waals surface area (Å²) in [4.78, 5) is 26.0. The molecule has 0 aliphatic rings. The zero-order chi connectivity index (χ0) is 30.5. The monoisotopic (exact) mass is 648 g/mol. The van der Waals surface area contributed by atoms with E-state index >= 15 is 0 Å². The predicted octanol–water partition coefficient (Wildman–Crippen LogP) is 7.25. The first-order valence-electron chi connectivity index (χ1n) is 13.3. The summed E-state index contributed by atoms with van der Waals surface area (Å²) in [6.45, 7) is 6.14. The molecule has 42 heavy (non-hydrogen) atoms. The number of benzene rings is 4. The molecule has 0 aromatic heterocycles. The molecule has 0 fully saturated rings. The molecule has 0 aliphatic carbocycles. The van der Waals surface area contributed by atoms with Crippen molar-refractivity contribution in [3.8, 4) is 11.1 Å². The van der Waals surface area contributed by atoms with E-state index in [1.165, 1.54) is 19.2 Å². The lowest BCUT2D eigenvalue weighted by Gasteiger charge is -2.21. The molecule has 0 saturated heterocycles. The molecule has 218 valence electrons. The average molecular weight is 650 g/mol. The molecule has 2 N–H and O–H groups in total. The van der Waals surface area contributed by atoms with Gasteiger partial charge >= 0.3 is 5.97 Å². The van der Waals surface area contributed by atoms with E-state index < -0.39 is 27.9 Å². The number of methoxy groups -OCH3 is 1. The molecule has 0 saturated carbocycles. The normalized spacial score (nSPS) is 12.3. The molecular formula is C33H33BrN2O5S. The lowest BCUT2D eigenvalue weighted by molar-refractivity contribution is -0.141. The Kier molecular flexibility index (Phi) is 9.53. The fourth-order valence-electron chi connectivity index (χ4n) is 4.41. The zero-order valence-corrected chi connectivity index (χ0v) is 26.3. The molecular weight excluding hydrogens is 616 g/mol. The molecule has 4 aromatic rings. The van der Waals surface area contributed by atoms with Crippen LogP contribution in [0.4, 0.5) is 5.69 Å². The van der Waals surface area contributed by atoms with E-state index in [1.54, 1.807) is 30.3 Å². The standard InChI is InChI=1S/C33H33BrN2O5S/c1-33(2,3)25-14-17-27(18-15-25)42(39,40)36-29-19-16-26(34)20-28(29)32(38)35-30(21-31(37)41-4)24-12-10-23(11-13-24)22-8-6-5-7-9-22/h5-20,30,36H,21H2,1-4H3,(H,35,38). The minimum absolute atomic E-state index is 0.0758. The van der Waals surface area contributed by atoms with Gasteiger partial charge in [-0.25, -0.2) is 8.42 Å². The maximum Gasteiger partial charge on any atom is 0.307 e. The highest BCUT2D eigenvalue weighted by atomic mass is 79.9. The van der Waals surface area contributed by atoms with Crippen molar-refractivity contribution in [2.75, 3.05) is 11.8 Å². The number of carbonyl (C=O) groups excluding carboxylic acids is 2. The van der Waals surface area contributed by atoms with Crippen LogP contribution < -0.4 is 10.0 Å². The SMILES string of the molecule is COC(=O)CC(NC(=O)c1cc(Br)ccc1NS(=O)(=O)c1ccc(C(C)(C)C)cc1)c1ccc(-c2ccccc2)cc1. The Hall–Kier alpha value is -3.95. The van der Waals surface area contributed by atoms with Crippen molar-refractivity contribution in [2.24, 2.45) is 0 Å². The lowest BCUT2D eigenvalue weighted by Crippen LogP contribution is -2.31. The van der Waals surface area contributed by atoms with Crippen molar-refractivity contribution in [3.05, 3.63) is 118 Å². The number of rotatable bonds is 9. The van der Waals surface area contributed by atoms with E-state index in [-0.39, 0.29) is 28.0 Å². The van der Waals surface area contributed by atoms with Crippen molar-refractivity contribution in [2.45, 2.75) is 43.5 Å². The van der Waals surface area contributed by atoms with Gasteiger partial charge in [0.25, 0.3) is 15.9 Å². The first kappa shape index (κ1) is 31.0. The number of amides is 1. The van der Waals surface area contributed by atoms with Crippen LogP contribution in [0.2, 0.25) is 0 Å². The number of sulfonamides is 1. The Bertz CT molecular complexity index is 1660. The highest BCUT2D eigenvalue weighted by Gasteiger charge is 2.24. The van der Waals surface area contributed by atoms with E-state index in [2.05, 4.69) is 26.0 Å². The van der Waals surface area contributed by atoms with E-state index in [0.29, 0.717) is 10.0 Å². The van der Waals surface area contributed by atoms with Gasteiger partial charge in [0.05, 0.1) is 35.7 Å². The van der Waals surface area contributed by atoms with Crippen LogP contribution in [0.5, 0.6) is 0 Å². The van der Waals surface area contributed by atoms with Gasteiger partial charge in [0, 0.05) is 4.47 Å². The molecule has 0 heterocycles. The van der Waals surface area contributed by atoms with Crippen molar-refractivity contribution in [1.29, 1.82) is 0 Å². The molecule has 4 aromatic carbocycles. The molecule has 0 spiro atoms. The highest BCUT2D eigenvalue weighted by molar-refractivity contribution is 9.10. The van der Waals surface area contributed by atoms with Gasteiger partial charge in [0.15, 0.2) is 0 Å². The van der Waals surface area contributed by atoms with Gasteiger partial charge in [-0.3, -0.25) is 14.3 Å². The Labute approximate surface area is 255 Å². The summed E-state index contributed by atoms with van der Waals surface area (Å²) in [5.74, 6) is -1.06. The number of hydrogen-bond acceptors (Lipinski definition) is 5. The molecule has 0 bridgehead atoms. The predicted molar refractivity (Wildman–Crippen MR) is 169 cm³/mol. The van der Waals surface area contributed by atoms with E-state index in [0.717, 1.165) is 16.7 Å². The minimum Gasteiger partial charge on any atom is -0.469 e. The third-order valence-corrected chi connectivity index (χ3v) is 8.70. The van der Waals surface area contributed by atoms with Gasteiger partial charge in [0.1, 0.15) is 0 Å². The van der Waals surface area contributed by atoms with Crippen molar-refractivity contribution < 1.29 is 22.7 Å². The summed E-state index contributed by atoms with van der Waals surface area (Å²) < 4.78 is 34.6. The Morgan fingerprint density at radius 3 is 2.07 bits per heavy atom. The number of carbonyl (C=O) groups is 2. The van der Waals surface area contributed by atoms with Gasteiger partial charge in [-0.1, -0.05) is 103 Å². The third-order valence-electron chi connectivity index (χ3n) is 6.83. The second kappa shape index (κ2) is 12.9. The fourth-order valence-corrected chi connectivity index (χ4v) is 5.85. The average Bonchev–Trinajstić information content (AvgIpc) is 2.97. The number of hydrogen-bond donors (Lipinski definition) is 2. The van der Waals surface area contributed by atoms with Gasteiger partial charge in [-0.2, -0.15) is 0 Å². The van der Waals surface area contributed by atoms with Crippen molar-refractivity contribution >= 4 is 43.5 Å². The van der Waals surface area contributed by atoms with Crippen LogP contribution in [0.25, 0.3) is 11.1 Å². The molecule has 7 nitrogen and oxygen atoms in total. The molecule has 1 atom stereocenters. The molecule has 0 radical (unpaired) electrons. The van der Waals surface area contributed by atoms with Crippen LogP contribution in [0.3, 0.4) is 0 Å². The maximum atomic E-state index is 13.6. The minimum atomic E-state index is -4.00. The number of anilines is 1. The summed E-state index contributed by atoms with van der Waals surface area (Å²) in [6, 6.07) is 28.0. The van der Waals surface area contributed by atoms with E-state index in [4.69, 9.17) is 4.74 Å². The van der Waals surface area contributed by atoms with Crippen LogP contribution in [-0.4, -0.2) is 27.4 Å². The van der Waals surface area contributed by atoms with Crippen molar-refractivity contribution in [3.63, 3.8) is 0 Å². The van der Waals surface area contributed by atoms with Gasteiger partial charge in [-0.15, -0.1) is 0 Å². The Morgan fingerprint density at radius 2 is 1.48 bits per heavy atom. The topological polar surface area (TPSA) is 102 Å². The maximum absolute atomic E-state index is 13.6. The van der Waals surface area contributed by atoms with Gasteiger partial charge < -0.3 is 10.1 Å². The summed E-state index contributed by atoms with van der Waals surface area (Å²) in [5.41, 5.74) is 3.79. The third kappa shape index (κ3) is 7.66. The van der Waals surface area contributed by atoms with Crippen LogP contribution in [0, 0.1) is 0 Å². The largest absolute Gasteiger partial charge is 0.469 e. The van der Waals surface area contributed by atoms with Crippen LogP contribution in [0.15, 0.2) is 106 Å². The van der Waals surface area contributed by atoms with Crippen molar-refractivity contribution in [1.82, 2.24) is 5.32 Å². The first-order valence-corrected chi connectivity index (χ1v) is 15.6. The second-order valence-electron chi connectivity index (χ2n) is 10.9. The van der Waals surface area contributed by atoms with Crippen LogP contribution >= 0.6 is 15.9 Å². The molecule has 1 amide bonds. The lowest BCUT2D eigenvalue weighted by atomic mass is 9.87. The quantitative estimate of drug-likeness (QED) is 0.186. The van der Waals surface area contributed by atoms with E-state index in [1.807, 2.05) is 75.4 Å². The van der Waals surface area contributed by atoms with E-state index in [9.17, 15) is 18.0 Å². The smallest absolute Gasteiger partial charge is 0.307 e. The molecule has 9 heteroatoms. The summed E-state index contributed by atoms with van der Waals surface area (Å²) in [7, 11) is -2.71. The Morgan fingerprint density at radius 1 is 0.857 bits per heavy atom. The summed E-state index contributed by atoms with van der Waals surface area (Å²) >= 11 is 3.38. The van der Waals surface area contributed by atoms with Gasteiger partial charge in [-0.05, 0) is 58.0 Å². The molecule has 1 unspecified atom stereocenters. The first-order chi connectivity index (χ1) is 19.9. The molecule has 4 rings (SSSR count). The fraction of sp³-hybridized carbons (Fsp3) is 0.212. The Balaban J connectivity index is 1.61. The second-order valence-corrected chi connectivity index (χ2v) is 13.5. The number of esters is 1. The van der Waals surface area contributed by atoms with Gasteiger partial charge in [0.2, 0.25) is 0 Å². The van der Waals surface area contributed by atoms with Crippen LogP contribution in [0.1, 0.15) is 54.7 Å². The summed E-state index contributed by atoms with van der Waals surface area (Å²) in [6.07, 6.45) is -0.109. The summed E-state index contributed by atoms with van der Waals surface area (Å²) in [5, 5.41) is 2.90. The number of nitrogens with one attached hydrogen (secondary N) is 2. The highest BCUT2D eigenvalue weighted by Crippen LogP contribution is 2.28. The number of ether oxygens (including phenoxy) is 1. The zero-order valence-electron chi connectivity index (χ0n) is 23.8. The number of halogens is 1. The molecule has 0 aliphatic heterocycles. The van der Waals surface area contributed by atoms with Crippen LogP contribution in [-0.2, 0) is 25.0 Å².